The maximum absolute atomic E-state index is 5.19. The average molecular weight is 235 g/mol. The molecule has 0 spiro atoms. The zero-order valence-corrected chi connectivity index (χ0v) is 10.3. The molecule has 2 heterocycles. The molecule has 0 aliphatic carbocycles. The molecule has 0 saturated heterocycles. The number of hydrogen-bond donors (Lipinski definition) is 2. The fourth-order valence-electron chi connectivity index (χ4n) is 1.49. The second kappa shape index (κ2) is 5.01. The third-order valence-corrected chi connectivity index (χ3v) is 2.59. The molecule has 17 heavy (non-hydrogen) atoms. The molecule has 0 bridgehead atoms. The van der Waals surface area contributed by atoms with Crippen molar-refractivity contribution < 1.29 is 4.74 Å². The Labute approximate surface area is 100 Å². The quantitative estimate of drug-likeness (QED) is 0.815. The van der Waals surface area contributed by atoms with E-state index in [2.05, 4.69) is 20.6 Å². The van der Waals surface area contributed by atoms with E-state index in [9.17, 15) is 0 Å². The summed E-state index contributed by atoms with van der Waals surface area (Å²) in [5.74, 6) is 1.55. The molecule has 1 atom stereocenters. The van der Waals surface area contributed by atoms with E-state index < -0.39 is 0 Å². The maximum atomic E-state index is 5.19. The van der Waals surface area contributed by atoms with Crippen molar-refractivity contribution >= 4 is 17.3 Å². The van der Waals surface area contributed by atoms with Crippen LogP contribution < -0.4 is 10.6 Å². The molecule has 1 unspecified atom stereocenters. The second-order valence-electron chi connectivity index (χ2n) is 3.81. The number of aromatic nitrogens is 3. The Balaban J connectivity index is 2.27. The maximum Gasteiger partial charge on any atom is 0.180 e. The third kappa shape index (κ3) is 2.47. The lowest BCUT2D eigenvalue weighted by molar-refractivity contribution is 0.128. The summed E-state index contributed by atoms with van der Waals surface area (Å²) >= 11 is 0. The minimum atomic E-state index is 0.130. The number of nitrogens with one attached hydrogen (secondary N) is 2. The van der Waals surface area contributed by atoms with E-state index in [4.69, 9.17) is 4.74 Å². The van der Waals surface area contributed by atoms with Crippen LogP contribution in [0.5, 0.6) is 0 Å². The van der Waals surface area contributed by atoms with Crippen LogP contribution in [0, 0.1) is 0 Å². The first kappa shape index (κ1) is 11.7. The van der Waals surface area contributed by atoms with Gasteiger partial charge < -0.3 is 19.8 Å². The smallest absolute Gasteiger partial charge is 0.180 e. The highest BCUT2D eigenvalue weighted by Gasteiger charge is 2.07. The van der Waals surface area contributed by atoms with E-state index in [-0.39, 0.29) is 6.10 Å². The number of fused-ring (bicyclic) bond motifs is 1. The van der Waals surface area contributed by atoms with Gasteiger partial charge in [-0.3, -0.25) is 0 Å². The van der Waals surface area contributed by atoms with Crippen LogP contribution in [0.3, 0.4) is 0 Å². The molecule has 2 rings (SSSR count). The Morgan fingerprint density at radius 2 is 2.35 bits per heavy atom. The van der Waals surface area contributed by atoms with E-state index >= 15 is 0 Å². The zero-order chi connectivity index (χ0) is 12.3. The van der Waals surface area contributed by atoms with Crippen LogP contribution in [0.1, 0.15) is 6.92 Å². The van der Waals surface area contributed by atoms with Crippen molar-refractivity contribution in [1.29, 1.82) is 0 Å². The molecule has 2 aromatic rings. The van der Waals surface area contributed by atoms with Gasteiger partial charge in [0.15, 0.2) is 11.5 Å². The van der Waals surface area contributed by atoms with Crippen molar-refractivity contribution in [3.8, 4) is 0 Å². The van der Waals surface area contributed by atoms with Gasteiger partial charge in [0.05, 0.1) is 12.3 Å². The Bertz CT molecular complexity index is 496. The Kier molecular flexibility index (Phi) is 3.43. The number of imidazole rings is 1. The van der Waals surface area contributed by atoms with E-state index in [1.54, 1.807) is 13.3 Å². The fourth-order valence-corrected chi connectivity index (χ4v) is 1.49. The normalized spacial score (nSPS) is 12.6. The molecule has 6 heteroatoms. The highest BCUT2D eigenvalue weighted by atomic mass is 16.5. The van der Waals surface area contributed by atoms with Crippen molar-refractivity contribution in [2.75, 3.05) is 31.3 Å². The van der Waals surface area contributed by atoms with Crippen LogP contribution in [0.15, 0.2) is 18.6 Å². The Hall–Kier alpha value is -1.82. The van der Waals surface area contributed by atoms with Crippen molar-refractivity contribution in [1.82, 2.24) is 14.4 Å². The number of anilines is 2. The number of hydrogen-bond acceptors (Lipinski definition) is 5. The van der Waals surface area contributed by atoms with E-state index in [1.165, 1.54) is 0 Å². The van der Waals surface area contributed by atoms with Crippen LogP contribution in [0.4, 0.5) is 11.6 Å². The first-order valence-electron chi connectivity index (χ1n) is 5.52. The lowest BCUT2D eigenvalue weighted by Crippen LogP contribution is -2.19. The zero-order valence-electron chi connectivity index (χ0n) is 10.3. The van der Waals surface area contributed by atoms with Gasteiger partial charge in [0.2, 0.25) is 0 Å². The molecule has 0 fully saturated rings. The molecule has 0 aliphatic heterocycles. The van der Waals surface area contributed by atoms with Gasteiger partial charge in [-0.05, 0) is 6.92 Å². The van der Waals surface area contributed by atoms with Gasteiger partial charge in [-0.25, -0.2) is 9.97 Å². The molecular weight excluding hydrogens is 218 g/mol. The summed E-state index contributed by atoms with van der Waals surface area (Å²) in [6, 6.07) is 0. The van der Waals surface area contributed by atoms with Gasteiger partial charge in [-0.2, -0.15) is 0 Å². The van der Waals surface area contributed by atoms with E-state index in [0.29, 0.717) is 6.54 Å². The lowest BCUT2D eigenvalue weighted by Gasteiger charge is -2.12. The van der Waals surface area contributed by atoms with Crippen LogP contribution in [0.2, 0.25) is 0 Å². The molecule has 6 nitrogen and oxygen atoms in total. The van der Waals surface area contributed by atoms with Crippen LogP contribution in [-0.2, 0) is 4.74 Å². The van der Waals surface area contributed by atoms with Gasteiger partial charge in [0.25, 0.3) is 0 Å². The SMILES string of the molecule is CNc1cn2ccnc2c(NCC(C)OC)n1. The molecular formula is C11H17N5O. The minimum Gasteiger partial charge on any atom is -0.380 e. The fraction of sp³-hybridized carbons (Fsp3) is 0.455. The van der Waals surface area contributed by atoms with Crippen LogP contribution in [0.25, 0.3) is 5.65 Å². The number of methoxy groups -OCH3 is 1. The first-order valence-corrected chi connectivity index (χ1v) is 5.52. The molecule has 2 aromatic heterocycles. The molecule has 2 N–H and O–H groups in total. The van der Waals surface area contributed by atoms with Gasteiger partial charge in [0.1, 0.15) is 5.82 Å². The molecule has 0 aromatic carbocycles. The number of ether oxygens (including phenoxy) is 1. The summed E-state index contributed by atoms with van der Waals surface area (Å²) < 4.78 is 7.12. The van der Waals surface area contributed by atoms with Gasteiger partial charge in [-0.15, -0.1) is 0 Å². The summed E-state index contributed by atoms with van der Waals surface area (Å²) in [7, 11) is 3.53. The lowest BCUT2D eigenvalue weighted by atomic mass is 10.4. The summed E-state index contributed by atoms with van der Waals surface area (Å²) in [4.78, 5) is 8.70. The largest absolute Gasteiger partial charge is 0.380 e. The van der Waals surface area contributed by atoms with Crippen molar-refractivity contribution in [3.63, 3.8) is 0 Å². The molecule has 0 amide bonds. The highest BCUT2D eigenvalue weighted by molar-refractivity contribution is 5.65. The number of nitrogens with zero attached hydrogens (tertiary/aromatic N) is 3. The molecule has 0 radical (unpaired) electrons. The van der Waals surface area contributed by atoms with Gasteiger partial charge in [0, 0.05) is 33.1 Å². The van der Waals surface area contributed by atoms with E-state index in [1.807, 2.05) is 30.8 Å². The monoisotopic (exact) mass is 235 g/mol. The third-order valence-electron chi connectivity index (χ3n) is 2.59. The summed E-state index contributed by atoms with van der Waals surface area (Å²) in [5, 5.41) is 6.26. The number of rotatable bonds is 5. The van der Waals surface area contributed by atoms with Crippen molar-refractivity contribution in [2.45, 2.75) is 13.0 Å². The highest BCUT2D eigenvalue weighted by Crippen LogP contribution is 2.15. The van der Waals surface area contributed by atoms with E-state index in [0.717, 1.165) is 17.3 Å². The Morgan fingerprint density at radius 3 is 3.06 bits per heavy atom. The molecule has 0 saturated carbocycles. The van der Waals surface area contributed by atoms with Crippen LogP contribution in [-0.4, -0.2) is 41.2 Å². The second-order valence-corrected chi connectivity index (χ2v) is 3.81. The summed E-state index contributed by atoms with van der Waals surface area (Å²) in [6.07, 6.45) is 5.67. The first-order chi connectivity index (χ1) is 8.24. The van der Waals surface area contributed by atoms with Crippen LogP contribution >= 0.6 is 0 Å². The summed E-state index contributed by atoms with van der Waals surface area (Å²) in [5.41, 5.74) is 0.812. The topological polar surface area (TPSA) is 63.5 Å². The Morgan fingerprint density at radius 1 is 1.53 bits per heavy atom. The average Bonchev–Trinajstić information content (AvgIpc) is 2.83. The van der Waals surface area contributed by atoms with Gasteiger partial charge in [-0.1, -0.05) is 0 Å². The molecule has 0 aliphatic rings. The predicted octanol–water partition coefficient (Wildman–Crippen LogP) is 1.22. The molecule has 92 valence electrons. The standard InChI is InChI=1S/C11H17N5O/c1-8(17-3)6-14-10-11-13-4-5-16(11)7-9(12-2)15-10/h4-5,7-8,12H,6H2,1-3H3,(H,14,15). The van der Waals surface area contributed by atoms with Crippen molar-refractivity contribution in [2.24, 2.45) is 0 Å². The van der Waals surface area contributed by atoms with Crippen molar-refractivity contribution in [3.05, 3.63) is 18.6 Å². The van der Waals surface area contributed by atoms with Gasteiger partial charge >= 0.3 is 0 Å². The summed E-state index contributed by atoms with van der Waals surface area (Å²) in [6.45, 7) is 2.69. The predicted molar refractivity (Wildman–Crippen MR) is 67.5 cm³/mol. The minimum absolute atomic E-state index is 0.130.